The minimum atomic E-state index is -1.49. The number of hydrogen-bond donors (Lipinski definition) is 8. The number of esters is 4. The number of phenolic OH excluding ortho intramolecular Hbond substituents is 8. The number of fused-ring (bicyclic) bond motifs is 8. The molecule has 25 rings (SSSR count). The summed E-state index contributed by atoms with van der Waals surface area (Å²) in [6, 6.07) is 36.5. The Bertz CT molecular complexity index is 4750. The van der Waals surface area contributed by atoms with Crippen molar-refractivity contribution < 1.29 is 117 Å². The molecule has 8 aromatic carbocycles. The molecule has 696 valence electrons. The number of aromatic hydroxyl groups is 8. The third-order valence-electron chi connectivity index (χ3n) is 33.0. The lowest BCUT2D eigenvalue weighted by Gasteiger charge is -2.56. The summed E-state index contributed by atoms with van der Waals surface area (Å²) in [6.45, 7) is -2.03. The quantitative estimate of drug-likeness (QED) is 0.00840. The molecule has 0 radical (unpaired) electrons. The fourth-order valence-electron chi connectivity index (χ4n) is 29.8. The molecule has 17 aliphatic rings. The lowest BCUT2D eigenvalue weighted by Crippen LogP contribution is -2.48. The molecule has 0 aliphatic heterocycles. The number of phenols is 8. The van der Waals surface area contributed by atoms with Crippen LogP contribution >= 0.6 is 0 Å². The first-order valence-corrected chi connectivity index (χ1v) is 48.0. The van der Waals surface area contributed by atoms with Crippen LogP contribution in [0.4, 0.5) is 0 Å². The van der Waals surface area contributed by atoms with Gasteiger partial charge >= 0.3 is 23.9 Å². The first-order valence-electron chi connectivity index (χ1n) is 48.0. The number of hydrogen-bond acceptors (Lipinski definition) is 24. The van der Waals surface area contributed by atoms with Crippen molar-refractivity contribution >= 4 is 23.9 Å². The summed E-state index contributed by atoms with van der Waals surface area (Å²) >= 11 is 0. The molecule has 16 saturated carbocycles. The number of carbonyl (C=O) groups excluding carboxylic acids is 4. The van der Waals surface area contributed by atoms with Crippen LogP contribution in [0.1, 0.15) is 245 Å². The summed E-state index contributed by atoms with van der Waals surface area (Å²) in [6.07, 6.45) is 28.2. The summed E-state index contributed by atoms with van der Waals surface area (Å²) in [5.74, 6) is -5.25. The highest BCUT2D eigenvalue weighted by Crippen LogP contribution is 2.66. The lowest BCUT2D eigenvalue weighted by atomic mass is 9.50. The Balaban J connectivity index is 0.670. The molecule has 16 fully saturated rings. The van der Waals surface area contributed by atoms with Crippen molar-refractivity contribution in [1.29, 1.82) is 0 Å². The van der Waals surface area contributed by atoms with E-state index in [9.17, 15) is 60.0 Å². The molecule has 0 amide bonds. The Morgan fingerprint density at radius 2 is 0.386 bits per heavy atom. The van der Waals surface area contributed by atoms with E-state index in [1.54, 1.807) is 97.1 Å². The van der Waals surface area contributed by atoms with Crippen LogP contribution in [0, 0.1) is 92.7 Å². The lowest BCUT2D eigenvalue weighted by molar-refractivity contribution is -0.168. The zero-order chi connectivity index (χ0) is 90.3. The van der Waals surface area contributed by atoms with Crippen molar-refractivity contribution in [1.82, 2.24) is 0 Å². The molecular formula is C108H120O24. The molecule has 24 nitrogen and oxygen atoms in total. The Hall–Kier alpha value is -10.9. The van der Waals surface area contributed by atoms with Gasteiger partial charge in [-0.25, -0.2) is 19.2 Å². The van der Waals surface area contributed by atoms with E-state index in [0.717, 1.165) is 101 Å². The summed E-state index contributed by atoms with van der Waals surface area (Å²) in [5.41, 5.74) is 0.403. The Labute approximate surface area is 768 Å². The van der Waals surface area contributed by atoms with Gasteiger partial charge < -0.3 is 97.7 Å². The maximum Gasteiger partial charge on any atom is 0.346 e. The highest BCUT2D eigenvalue weighted by molar-refractivity contribution is 5.75. The van der Waals surface area contributed by atoms with Crippen LogP contribution in [0.5, 0.6) is 69.0 Å². The largest absolute Gasteiger partial charge is 0.507 e. The molecule has 24 bridgehead atoms. The van der Waals surface area contributed by atoms with Crippen LogP contribution in [-0.2, 0) is 57.1 Å². The first-order chi connectivity index (χ1) is 64.0. The van der Waals surface area contributed by atoms with Gasteiger partial charge in [-0.15, -0.1) is 0 Å². The molecule has 0 spiro atoms. The van der Waals surface area contributed by atoms with Crippen LogP contribution in [0.2, 0.25) is 0 Å². The molecule has 8 aromatic rings. The highest BCUT2D eigenvalue weighted by atomic mass is 16.7. The second kappa shape index (κ2) is 36.1. The highest BCUT2D eigenvalue weighted by Gasteiger charge is 2.56. The zero-order valence-corrected chi connectivity index (χ0v) is 74.7. The fourth-order valence-corrected chi connectivity index (χ4v) is 29.8. The number of para-hydroxylation sites is 4. The Kier molecular flexibility index (Phi) is 24.0. The van der Waals surface area contributed by atoms with E-state index in [0.29, 0.717) is 97.4 Å². The van der Waals surface area contributed by atoms with Crippen LogP contribution in [-0.4, -0.2) is 145 Å². The predicted octanol–water partition coefficient (Wildman–Crippen LogP) is 18.8. The number of benzene rings is 8. The van der Waals surface area contributed by atoms with Gasteiger partial charge in [0.15, 0.2) is 53.6 Å². The van der Waals surface area contributed by atoms with Gasteiger partial charge in [-0.05, 0) is 295 Å². The van der Waals surface area contributed by atoms with Crippen molar-refractivity contribution in [2.24, 2.45) is 92.7 Å². The van der Waals surface area contributed by atoms with Gasteiger partial charge in [-0.2, -0.15) is 0 Å². The number of rotatable bonds is 32. The van der Waals surface area contributed by atoms with Gasteiger partial charge in [0, 0.05) is 115 Å². The van der Waals surface area contributed by atoms with E-state index in [4.69, 9.17) is 56.8 Å². The monoisotopic (exact) mass is 1800 g/mol. The van der Waals surface area contributed by atoms with Crippen molar-refractivity contribution in [3.63, 3.8) is 0 Å². The molecule has 8 N–H and O–H groups in total. The average molecular weight is 1800 g/mol. The third kappa shape index (κ3) is 17.8. The second-order valence-corrected chi connectivity index (χ2v) is 42.5. The smallest absolute Gasteiger partial charge is 0.346 e. The minimum Gasteiger partial charge on any atom is -0.507 e. The van der Waals surface area contributed by atoms with E-state index in [1.807, 2.05) is 0 Å². The van der Waals surface area contributed by atoms with Crippen LogP contribution < -0.4 is 18.9 Å². The zero-order valence-electron chi connectivity index (χ0n) is 74.7. The average Bonchev–Trinajstić information content (AvgIpc) is 0.724. The summed E-state index contributed by atoms with van der Waals surface area (Å²) in [4.78, 5) is 56.5. The Morgan fingerprint density at radius 3 is 0.553 bits per heavy atom. The maximum atomic E-state index is 14.1. The van der Waals surface area contributed by atoms with Crippen molar-refractivity contribution in [3.8, 4) is 69.0 Å². The number of ether oxygens (including phenoxy) is 12. The molecule has 0 atom stereocenters. The van der Waals surface area contributed by atoms with Gasteiger partial charge in [-0.3, -0.25) is 0 Å². The van der Waals surface area contributed by atoms with Gasteiger partial charge in [0.25, 0.3) is 0 Å². The van der Waals surface area contributed by atoms with Gasteiger partial charge in [0.1, 0.15) is 69.0 Å². The number of carbonyl (C=O) groups is 4. The van der Waals surface area contributed by atoms with E-state index in [-0.39, 0.29) is 139 Å². The van der Waals surface area contributed by atoms with E-state index in [1.165, 1.54) is 101 Å². The molecule has 17 aliphatic carbocycles. The maximum absolute atomic E-state index is 14.1. The van der Waals surface area contributed by atoms with Crippen molar-refractivity contribution in [2.45, 2.75) is 178 Å². The second-order valence-electron chi connectivity index (χ2n) is 42.5. The van der Waals surface area contributed by atoms with E-state index < -0.39 is 120 Å². The first kappa shape index (κ1) is 87.7. The minimum absolute atomic E-state index is 0.0392. The summed E-state index contributed by atoms with van der Waals surface area (Å²) < 4.78 is 73.9. The topological polar surface area (TPSA) is 341 Å². The molecule has 24 heteroatoms. The van der Waals surface area contributed by atoms with E-state index >= 15 is 0 Å². The third-order valence-corrected chi connectivity index (χ3v) is 33.0. The standard InChI is InChI=1S/C108H120O24/c109-85-33-87(111)79-29-77(85)101(73-9-1-5-13-93(73)125-49-97(117)129-57-121-53-105-37-61-17-62(38-105)19-63(18-61)39-105)78-30-80(88(112)34-86(78)110)103(75-11-3-7-15-95(75)127-51-99(119)131-59-123-55-107-43-67-23-68(44-107)25-69(24-67)45-107)82-32-84(92(116)36-90(82)114)104(76-12-4-8-16-96(76)128-52-100(120)132-60-124-56-108-46-70-26-71(47-108)28-72(27-70)48-108)83-31-81(89(113)35-91(83)115)102(79)74-10-2-6-14-94(74)126-50-98(118)130-58-122-54-106-40-64-20-65(41-106)22-66(21-64)42-106/h1-16,29-36,61-72,101-104,109-116H,17-28,37-60H2. The SMILES string of the molecule is O=C(COc1ccccc1C1c2cc(c(O)cc2O)C(c2ccccc2OCC(=O)OCOCC23CC4CC(CC(C4)C2)C3)c2cc(c(O)cc2O)C(c2ccccc2OCC(=O)OCOCC23CC4CC(CC(C4)C2)C3)c2cc(c(O)cc2O)C(c2ccccc2OCC(=O)OCOCC23CC4CC(CC(C4)C2)C3)c2cc1c(O)cc2O)OCOCC12CC3CC(CC(C3)C1)C2. The molecule has 0 heterocycles. The normalized spacial score (nSPS) is 30.7. The van der Waals surface area contributed by atoms with E-state index in [2.05, 4.69) is 0 Å². The van der Waals surface area contributed by atoms with Crippen molar-refractivity contribution in [3.05, 3.63) is 212 Å². The van der Waals surface area contributed by atoms with Crippen molar-refractivity contribution in [2.75, 3.05) is 80.0 Å². The predicted molar refractivity (Wildman–Crippen MR) is 481 cm³/mol. The molecular weight excluding hydrogens is 1680 g/mol. The van der Waals surface area contributed by atoms with Gasteiger partial charge in [0.05, 0.1) is 26.4 Å². The van der Waals surface area contributed by atoms with Gasteiger partial charge in [-0.1, -0.05) is 72.8 Å². The summed E-state index contributed by atoms with van der Waals surface area (Å²) in [7, 11) is 0. The molecule has 0 aromatic heterocycles. The van der Waals surface area contributed by atoms with Crippen LogP contribution in [0.15, 0.2) is 146 Å². The molecule has 0 unspecified atom stereocenters. The van der Waals surface area contributed by atoms with Gasteiger partial charge in [0.2, 0.25) is 0 Å². The summed E-state index contributed by atoms with van der Waals surface area (Å²) in [5, 5.41) is 105. The molecule has 132 heavy (non-hydrogen) atoms. The van der Waals surface area contributed by atoms with Crippen LogP contribution in [0.25, 0.3) is 0 Å². The van der Waals surface area contributed by atoms with Crippen LogP contribution in [0.3, 0.4) is 0 Å². The molecule has 0 saturated heterocycles. The fraction of sp³-hybridized carbons (Fsp3) is 0.519. The Morgan fingerprint density at radius 1 is 0.227 bits per heavy atom.